The molecule has 1 aromatic carbocycles. The number of halogens is 3. The molecule has 2 unspecified atom stereocenters. The smallest absolute Gasteiger partial charge is 0.336 e. The van der Waals surface area contributed by atoms with Crippen molar-refractivity contribution in [2.45, 2.75) is 46.8 Å². The first kappa shape index (κ1) is 35.3. The van der Waals surface area contributed by atoms with Crippen LogP contribution in [-0.2, 0) is 14.3 Å². The van der Waals surface area contributed by atoms with Gasteiger partial charge in [-0.2, -0.15) is 0 Å². The van der Waals surface area contributed by atoms with E-state index in [1.54, 1.807) is 26.1 Å². The summed E-state index contributed by atoms with van der Waals surface area (Å²) in [7, 11) is 1.83. The van der Waals surface area contributed by atoms with Gasteiger partial charge in [0, 0.05) is 48.1 Å². The fraction of sp³-hybridized carbons (Fsp3) is 0.517. The van der Waals surface area contributed by atoms with Crippen molar-refractivity contribution in [2.75, 3.05) is 46.4 Å². The monoisotopic (exact) mass is 625 g/mol. The number of aldehydes is 1. The molecule has 1 aliphatic heterocycles. The summed E-state index contributed by atoms with van der Waals surface area (Å²) in [4.78, 5) is 37.2. The Morgan fingerprint density at radius 1 is 1.38 bits per heavy atom. The molecule has 2 rings (SSSR count). The largest absolute Gasteiger partial charge is 0.463 e. The number of nitrogens with zero attached hydrogens (tertiary/aromatic N) is 4. The molecule has 1 aliphatic rings. The summed E-state index contributed by atoms with van der Waals surface area (Å²) >= 11 is 3.39. The molecule has 0 aromatic heterocycles. The molecular weight excluding hydrogens is 584 g/mol. The van der Waals surface area contributed by atoms with Gasteiger partial charge in [-0.05, 0) is 57.9 Å². The van der Waals surface area contributed by atoms with E-state index in [1.807, 2.05) is 23.8 Å². The maximum absolute atomic E-state index is 14.9. The van der Waals surface area contributed by atoms with Gasteiger partial charge in [-0.3, -0.25) is 19.8 Å². The van der Waals surface area contributed by atoms with Gasteiger partial charge in [-0.25, -0.2) is 13.6 Å². The van der Waals surface area contributed by atoms with E-state index in [4.69, 9.17) is 10.5 Å². The molecule has 222 valence electrons. The first-order valence-electron chi connectivity index (χ1n) is 12.9. The number of nitrogens with two attached hydrogens (primary N) is 1. The van der Waals surface area contributed by atoms with E-state index >= 15 is 0 Å². The molecule has 1 saturated heterocycles. The predicted octanol–water partition coefficient (Wildman–Crippen LogP) is 4.90. The third kappa shape index (κ3) is 10.3. The average molecular weight is 627 g/mol. The van der Waals surface area contributed by atoms with Gasteiger partial charge in [0.2, 0.25) is 0 Å². The van der Waals surface area contributed by atoms with Gasteiger partial charge in [0.15, 0.2) is 0 Å². The van der Waals surface area contributed by atoms with Gasteiger partial charge in [-0.1, -0.05) is 35.5 Å². The van der Waals surface area contributed by atoms with Crippen LogP contribution in [0.3, 0.4) is 0 Å². The van der Waals surface area contributed by atoms with Gasteiger partial charge in [-0.15, -0.1) is 0 Å². The number of likely N-dealkylation sites (tertiary alicyclic amines) is 1. The lowest BCUT2D eigenvalue weighted by Gasteiger charge is -2.37. The van der Waals surface area contributed by atoms with Crippen molar-refractivity contribution in [3.63, 3.8) is 0 Å². The number of carbonyl (C=O) groups is 2. The molecule has 2 N–H and O–H groups in total. The number of benzene rings is 1. The van der Waals surface area contributed by atoms with Crippen LogP contribution >= 0.6 is 15.9 Å². The van der Waals surface area contributed by atoms with Crippen LogP contribution in [0.25, 0.3) is 0 Å². The first-order valence-corrected chi connectivity index (χ1v) is 13.7. The fourth-order valence-electron chi connectivity index (χ4n) is 4.75. The van der Waals surface area contributed by atoms with Gasteiger partial charge in [0.1, 0.15) is 24.3 Å². The minimum Gasteiger partial charge on any atom is -0.463 e. The van der Waals surface area contributed by atoms with Crippen LogP contribution in [0.2, 0.25) is 0 Å². The number of alkyl halides is 1. The van der Waals surface area contributed by atoms with Crippen molar-refractivity contribution in [2.24, 2.45) is 21.6 Å². The summed E-state index contributed by atoms with van der Waals surface area (Å²) in [6.07, 6.45) is 4.60. The third-order valence-corrected chi connectivity index (χ3v) is 7.03. The molecule has 1 aromatic rings. The average Bonchev–Trinajstić information content (AvgIpc) is 2.86. The van der Waals surface area contributed by atoms with Crippen LogP contribution in [0.15, 0.2) is 56.1 Å². The molecule has 0 amide bonds. The van der Waals surface area contributed by atoms with Gasteiger partial charge in [0.25, 0.3) is 0 Å². The molecule has 1 heterocycles. The van der Waals surface area contributed by atoms with Crippen LogP contribution in [0.1, 0.15) is 46.2 Å². The van der Waals surface area contributed by atoms with E-state index in [0.717, 1.165) is 12.6 Å². The van der Waals surface area contributed by atoms with Gasteiger partial charge < -0.3 is 15.3 Å². The van der Waals surface area contributed by atoms with E-state index in [1.165, 1.54) is 18.2 Å². The number of likely N-dealkylation sites (N-methyl/N-ethyl adjacent to an activating group) is 1. The number of hydrogen-bond donors (Lipinski definition) is 1. The fourth-order valence-corrected chi connectivity index (χ4v) is 5.31. The number of allylic oxidation sites excluding steroid dienone is 1. The van der Waals surface area contributed by atoms with Crippen LogP contribution in [0, 0.1) is 11.7 Å². The van der Waals surface area contributed by atoms with Crippen molar-refractivity contribution >= 4 is 40.2 Å². The highest BCUT2D eigenvalue weighted by Crippen LogP contribution is 2.35. The number of rotatable bonds is 13. The zero-order chi connectivity index (χ0) is 28.9. The molecule has 0 aliphatic carbocycles. The molecule has 11 heteroatoms. The Bertz CT molecular complexity index is 1110. The molecule has 3 atom stereocenters. The van der Waals surface area contributed by atoms with Crippen LogP contribution < -0.4 is 5.73 Å². The normalized spacial score (nSPS) is 19.9. The topological polar surface area (TPSA) is 101 Å². The van der Waals surface area contributed by atoms with Crippen LogP contribution in [0.5, 0.6) is 0 Å². The molecular formula is C29H42BrF2N5O3. The highest BCUT2D eigenvalue weighted by atomic mass is 79.9. The SMILES string of the molecule is C.C\C=C/N=C(C)/C(CN1CC(F)CC(CN(C)CC=O)C1)=C(/C(=O)OCC)[C@@H](N=CN)c1ccc(F)cc1Br. The molecule has 1 fully saturated rings. The first-order chi connectivity index (χ1) is 18.6. The lowest BCUT2D eigenvalue weighted by molar-refractivity contribution is -0.138. The van der Waals surface area contributed by atoms with E-state index in [9.17, 15) is 18.4 Å². The van der Waals surface area contributed by atoms with E-state index in [-0.39, 0.29) is 45.2 Å². The molecule has 0 radical (unpaired) electrons. The highest BCUT2D eigenvalue weighted by molar-refractivity contribution is 9.10. The lowest BCUT2D eigenvalue weighted by Crippen LogP contribution is -2.46. The maximum atomic E-state index is 14.9. The van der Waals surface area contributed by atoms with Crippen molar-refractivity contribution in [1.82, 2.24) is 9.80 Å². The van der Waals surface area contributed by atoms with Gasteiger partial charge in [0.05, 0.1) is 25.1 Å². The number of piperidine rings is 1. The minimum atomic E-state index is -1.07. The Labute approximate surface area is 245 Å². The maximum Gasteiger partial charge on any atom is 0.336 e. The molecule has 0 bridgehead atoms. The van der Waals surface area contributed by atoms with Crippen molar-refractivity contribution in [3.05, 3.63) is 57.5 Å². The molecule has 40 heavy (non-hydrogen) atoms. The summed E-state index contributed by atoms with van der Waals surface area (Å²) in [6, 6.07) is 3.16. The summed E-state index contributed by atoms with van der Waals surface area (Å²) in [6.45, 7) is 7.17. The van der Waals surface area contributed by atoms with Crippen molar-refractivity contribution in [1.29, 1.82) is 0 Å². The van der Waals surface area contributed by atoms with Crippen LogP contribution in [0.4, 0.5) is 8.78 Å². The Balaban J connectivity index is 0.00000800. The van der Waals surface area contributed by atoms with Crippen LogP contribution in [-0.4, -0.2) is 86.7 Å². The van der Waals surface area contributed by atoms with E-state index < -0.39 is 24.0 Å². The van der Waals surface area contributed by atoms with Crippen molar-refractivity contribution < 1.29 is 23.1 Å². The van der Waals surface area contributed by atoms with Crippen molar-refractivity contribution in [3.8, 4) is 0 Å². The molecule has 0 saturated carbocycles. The van der Waals surface area contributed by atoms with E-state index in [0.29, 0.717) is 40.8 Å². The Morgan fingerprint density at radius 2 is 2.10 bits per heavy atom. The lowest BCUT2D eigenvalue weighted by atomic mass is 9.90. The Kier molecular flexibility index (Phi) is 15.7. The minimum absolute atomic E-state index is 0. The predicted molar refractivity (Wildman–Crippen MR) is 161 cm³/mol. The summed E-state index contributed by atoms with van der Waals surface area (Å²) in [5.41, 5.74) is 7.47. The zero-order valence-electron chi connectivity index (χ0n) is 22.9. The second-order valence-electron chi connectivity index (χ2n) is 9.46. The third-order valence-electron chi connectivity index (χ3n) is 6.34. The summed E-state index contributed by atoms with van der Waals surface area (Å²) < 4.78 is 34.7. The molecule has 0 spiro atoms. The number of esters is 1. The number of aliphatic imine (C=N–C) groups is 2. The quantitative estimate of drug-likeness (QED) is 0.110. The number of ether oxygens (including phenoxy) is 1. The second kappa shape index (κ2) is 17.8. The highest BCUT2D eigenvalue weighted by Gasteiger charge is 2.33. The van der Waals surface area contributed by atoms with E-state index in [2.05, 4.69) is 25.9 Å². The zero-order valence-corrected chi connectivity index (χ0v) is 24.5. The Hall–Kier alpha value is -2.76. The number of hydrogen-bond acceptors (Lipinski definition) is 7. The standard InChI is InChI=1S/C28H38BrF2N5O3.CH4/c1-5-9-33-19(3)24(17-36-15-20(12-22(31)16-36)14-35(4)10-11-37)26(28(38)39-6-2)27(34-18-32)23-8-7-21(30)13-25(23)29;/h5,7-9,11,13,18,20,22,27H,6,10,12,14-17H2,1-4H3,(H2,32,34);1H4/b9-5-,26-24+,33-19+;/t20?,22?,27-;/m0./s1. The Morgan fingerprint density at radius 3 is 2.70 bits per heavy atom. The second-order valence-corrected chi connectivity index (χ2v) is 10.3. The summed E-state index contributed by atoms with van der Waals surface area (Å²) in [5, 5.41) is 0. The summed E-state index contributed by atoms with van der Waals surface area (Å²) in [5.74, 6) is -1.09. The van der Waals surface area contributed by atoms with Gasteiger partial charge >= 0.3 is 5.97 Å². The molecule has 8 nitrogen and oxygen atoms in total. The number of carbonyl (C=O) groups excluding carboxylic acids is 2.